The first-order valence-electron chi connectivity index (χ1n) is 13.2. The van der Waals surface area contributed by atoms with Crippen LogP contribution >= 0.6 is 11.6 Å². The van der Waals surface area contributed by atoms with Crippen molar-refractivity contribution < 1.29 is 22.4 Å². The van der Waals surface area contributed by atoms with Crippen LogP contribution in [0.4, 0.5) is 16.0 Å². The molecular weight excluding hydrogens is 583 g/mol. The summed E-state index contributed by atoms with van der Waals surface area (Å²) < 4.78 is 41.5. The summed E-state index contributed by atoms with van der Waals surface area (Å²) >= 11 is 6.09. The summed E-state index contributed by atoms with van der Waals surface area (Å²) in [6.45, 7) is 4.36. The van der Waals surface area contributed by atoms with Crippen LogP contribution < -0.4 is 19.5 Å². The fourth-order valence-corrected chi connectivity index (χ4v) is 5.81. The molecule has 2 heterocycles. The largest absolute Gasteiger partial charge is 0.363 e. The van der Waals surface area contributed by atoms with Crippen LogP contribution in [-0.4, -0.2) is 68.5 Å². The van der Waals surface area contributed by atoms with Crippen LogP contribution in [0.1, 0.15) is 10.4 Å². The van der Waals surface area contributed by atoms with E-state index in [1.54, 1.807) is 48.8 Å². The van der Waals surface area contributed by atoms with E-state index in [0.717, 1.165) is 38.3 Å². The van der Waals surface area contributed by atoms with Crippen molar-refractivity contribution in [2.45, 2.75) is 4.90 Å². The molecule has 1 N–H and O–H groups in total. The van der Waals surface area contributed by atoms with Crippen molar-refractivity contribution in [3.05, 3.63) is 108 Å². The van der Waals surface area contributed by atoms with E-state index in [9.17, 15) is 17.6 Å². The van der Waals surface area contributed by atoms with Gasteiger partial charge in [0, 0.05) is 57.2 Å². The van der Waals surface area contributed by atoms with E-state index >= 15 is 0 Å². The zero-order valence-electron chi connectivity index (χ0n) is 22.4. The lowest BCUT2D eigenvalue weighted by atomic mass is 10.2. The zero-order valence-corrected chi connectivity index (χ0v) is 24.0. The summed E-state index contributed by atoms with van der Waals surface area (Å²) in [7, 11) is -4.27. The zero-order chi connectivity index (χ0) is 29.5. The van der Waals surface area contributed by atoms with Gasteiger partial charge in [0.05, 0.1) is 15.6 Å². The number of piperazine rings is 1. The first-order chi connectivity index (χ1) is 20.3. The van der Waals surface area contributed by atoms with E-state index in [4.69, 9.17) is 16.4 Å². The molecule has 1 amide bonds. The lowest BCUT2D eigenvalue weighted by Gasteiger charge is -2.34. The number of para-hydroxylation sites is 1. The summed E-state index contributed by atoms with van der Waals surface area (Å²) in [5.74, 6) is -0.231. The molecule has 13 heteroatoms. The number of sulfonamides is 1. The molecule has 0 unspecified atom stereocenters. The maximum absolute atomic E-state index is 13.6. The second kappa shape index (κ2) is 13.1. The van der Waals surface area contributed by atoms with E-state index in [1.807, 2.05) is 0 Å². The van der Waals surface area contributed by atoms with E-state index in [0.29, 0.717) is 29.1 Å². The molecule has 0 saturated carbocycles. The minimum Gasteiger partial charge on any atom is -0.363 e. The summed E-state index contributed by atoms with van der Waals surface area (Å²) in [4.78, 5) is 31.3. The second-order valence-corrected chi connectivity index (χ2v) is 11.6. The first-order valence-corrected chi connectivity index (χ1v) is 15.0. The number of nitrogens with zero attached hydrogens (tertiary/aromatic N) is 5. The van der Waals surface area contributed by atoms with E-state index in [2.05, 4.69) is 25.1 Å². The number of rotatable bonds is 10. The van der Waals surface area contributed by atoms with E-state index < -0.39 is 15.8 Å². The molecule has 1 fully saturated rings. The molecule has 0 atom stereocenters. The topological polar surface area (TPSA) is 108 Å². The number of carbonyl (C=O) groups is 1. The molecule has 4 aromatic rings. The van der Waals surface area contributed by atoms with Crippen molar-refractivity contribution >= 4 is 39.2 Å². The number of halogens is 2. The molecule has 1 aromatic heterocycles. The molecule has 1 saturated heterocycles. The third-order valence-corrected chi connectivity index (χ3v) is 8.48. The van der Waals surface area contributed by atoms with Crippen molar-refractivity contribution in [2.24, 2.45) is 0 Å². The third kappa shape index (κ3) is 6.96. The minimum atomic E-state index is -4.27. The Hall–Kier alpha value is -4.26. The van der Waals surface area contributed by atoms with Gasteiger partial charge in [-0.25, -0.2) is 14.4 Å². The number of hydrogen-bond donors (Lipinski definition) is 1. The molecule has 42 heavy (non-hydrogen) atoms. The maximum Gasteiger partial charge on any atom is 0.295 e. The van der Waals surface area contributed by atoms with Crippen LogP contribution in [0.3, 0.4) is 0 Å². The van der Waals surface area contributed by atoms with Crippen LogP contribution in [0.25, 0.3) is 0 Å². The van der Waals surface area contributed by atoms with Crippen LogP contribution in [0.5, 0.6) is 5.75 Å². The number of hydrogen-bond acceptors (Lipinski definition) is 8. The molecule has 0 bridgehead atoms. The molecule has 5 rings (SSSR count). The van der Waals surface area contributed by atoms with Crippen LogP contribution in [0.2, 0.25) is 5.02 Å². The summed E-state index contributed by atoms with van der Waals surface area (Å²) in [6, 6.07) is 18.8. The molecule has 0 radical (unpaired) electrons. The number of benzene rings is 3. The quantitative estimate of drug-likeness (QED) is 0.269. The van der Waals surface area contributed by atoms with Crippen LogP contribution in [-0.2, 0) is 10.0 Å². The van der Waals surface area contributed by atoms with Gasteiger partial charge < -0.3 is 15.1 Å². The van der Waals surface area contributed by atoms with Gasteiger partial charge >= 0.3 is 0 Å². The lowest BCUT2D eigenvalue weighted by Crippen LogP contribution is -2.49. The van der Waals surface area contributed by atoms with Crippen molar-refractivity contribution in [1.29, 1.82) is 0 Å². The van der Waals surface area contributed by atoms with Gasteiger partial charge in [-0.3, -0.25) is 9.69 Å². The number of anilines is 2. The Morgan fingerprint density at radius 2 is 1.64 bits per heavy atom. The van der Waals surface area contributed by atoms with Crippen molar-refractivity contribution in [3.8, 4) is 5.75 Å². The molecule has 10 nitrogen and oxygen atoms in total. The van der Waals surface area contributed by atoms with Gasteiger partial charge in [-0.05, 0) is 60.7 Å². The standard InChI is InChI=1S/C29H28ClFN6O4S/c30-26-21-23(31)9-12-27(26)41-37(24-5-2-1-3-6-24)42(39,40)25-10-7-22(8-11-25)28(38)32-15-16-35-17-19-36(20-18-35)29-33-13-4-14-34-29/h1-14,21H,15-20H2,(H,32,38). The highest BCUT2D eigenvalue weighted by Gasteiger charge is 2.28. The Bertz CT molecular complexity index is 1610. The third-order valence-electron chi connectivity index (χ3n) is 6.60. The molecule has 0 spiro atoms. The fraction of sp³-hybridized carbons (Fsp3) is 0.207. The van der Waals surface area contributed by atoms with E-state index in [-0.39, 0.29) is 27.3 Å². The average molecular weight is 611 g/mol. The minimum absolute atomic E-state index is 0.0451. The highest BCUT2D eigenvalue weighted by atomic mass is 35.5. The van der Waals surface area contributed by atoms with Crippen molar-refractivity contribution in [3.63, 3.8) is 0 Å². The van der Waals surface area contributed by atoms with Gasteiger partial charge in [0.15, 0.2) is 5.75 Å². The Morgan fingerprint density at radius 3 is 2.31 bits per heavy atom. The molecule has 0 aliphatic carbocycles. The van der Waals surface area contributed by atoms with Crippen molar-refractivity contribution in [1.82, 2.24) is 20.2 Å². The van der Waals surface area contributed by atoms with E-state index in [1.165, 1.54) is 30.3 Å². The van der Waals surface area contributed by atoms with Crippen molar-refractivity contribution in [2.75, 3.05) is 48.6 Å². The van der Waals surface area contributed by atoms with Gasteiger partial charge in [0.25, 0.3) is 15.9 Å². The van der Waals surface area contributed by atoms with Gasteiger partial charge in [-0.15, -0.1) is 0 Å². The lowest BCUT2D eigenvalue weighted by molar-refractivity contribution is 0.0947. The Morgan fingerprint density at radius 1 is 0.952 bits per heavy atom. The average Bonchev–Trinajstić information content (AvgIpc) is 3.02. The normalized spacial score (nSPS) is 13.9. The number of amides is 1. The maximum atomic E-state index is 13.6. The summed E-state index contributed by atoms with van der Waals surface area (Å²) in [5, 5.41) is 2.80. The van der Waals surface area contributed by atoms with Gasteiger partial charge in [0.1, 0.15) is 5.82 Å². The molecule has 1 aliphatic heterocycles. The molecular formula is C29H28ClFN6O4S. The Labute approximate surface area is 248 Å². The highest BCUT2D eigenvalue weighted by Crippen LogP contribution is 2.31. The van der Waals surface area contributed by atoms with Gasteiger partial charge in [0.2, 0.25) is 5.95 Å². The SMILES string of the molecule is O=C(NCCN1CCN(c2ncccn2)CC1)c1ccc(S(=O)(=O)N(Oc2ccc(F)cc2Cl)c2ccccc2)cc1. The predicted molar refractivity (Wildman–Crippen MR) is 158 cm³/mol. The number of aromatic nitrogens is 2. The highest BCUT2D eigenvalue weighted by molar-refractivity contribution is 7.92. The summed E-state index contributed by atoms with van der Waals surface area (Å²) in [5.41, 5.74) is 0.519. The first kappa shape index (κ1) is 29.2. The number of nitrogens with one attached hydrogen (secondary N) is 1. The molecule has 218 valence electrons. The Balaban J connectivity index is 1.20. The smallest absolute Gasteiger partial charge is 0.295 e. The molecule has 1 aliphatic rings. The van der Waals surface area contributed by atoms with Crippen LogP contribution in [0, 0.1) is 5.82 Å². The molecule has 3 aromatic carbocycles. The Kier molecular flexibility index (Phi) is 9.15. The number of carbonyl (C=O) groups excluding carboxylic acids is 1. The van der Waals surface area contributed by atoms with Gasteiger partial charge in [-0.2, -0.15) is 8.42 Å². The monoisotopic (exact) mass is 610 g/mol. The predicted octanol–water partition coefficient (Wildman–Crippen LogP) is 4.01. The van der Waals surface area contributed by atoms with Crippen LogP contribution in [0.15, 0.2) is 96.2 Å². The second-order valence-electron chi connectivity index (χ2n) is 9.39. The summed E-state index contributed by atoms with van der Waals surface area (Å²) in [6.07, 6.45) is 3.45. The fourth-order valence-electron chi connectivity index (χ4n) is 4.36. The van der Waals surface area contributed by atoms with Gasteiger partial charge in [-0.1, -0.05) is 34.3 Å².